The minimum atomic E-state index is -1.93. The van der Waals surface area contributed by atoms with Gasteiger partial charge in [0.15, 0.2) is 0 Å². The van der Waals surface area contributed by atoms with E-state index in [4.69, 9.17) is 17.7 Å². The lowest BCUT2D eigenvalue weighted by Gasteiger charge is -2.26. The summed E-state index contributed by atoms with van der Waals surface area (Å²) in [6, 6.07) is 2.08. The van der Waals surface area contributed by atoms with E-state index in [-0.39, 0.29) is 0 Å². The van der Waals surface area contributed by atoms with Gasteiger partial charge < -0.3 is 17.7 Å². The largest absolute Gasteiger partial charge is 0.398 e. The number of hydrogen-bond acceptors (Lipinski definition) is 7. The zero-order valence-corrected chi connectivity index (χ0v) is 20.3. The molecule has 2 atom stereocenters. The summed E-state index contributed by atoms with van der Waals surface area (Å²) in [6.07, 6.45) is 0. The summed E-state index contributed by atoms with van der Waals surface area (Å²) in [6.45, 7) is 8.81. The topological polar surface area (TPSA) is 36.9 Å². The van der Waals surface area contributed by atoms with Crippen LogP contribution in [0.4, 0.5) is 0 Å². The molecule has 9 heteroatoms. The molecule has 0 rings (SSSR count). The Morgan fingerprint density at radius 3 is 1.26 bits per heavy atom. The second-order valence-electron chi connectivity index (χ2n) is 6.34. The molecule has 4 nitrogen and oxygen atoms in total. The maximum Gasteiger partial charge on any atom is 0.334 e. The van der Waals surface area contributed by atoms with Gasteiger partial charge in [-0.25, -0.2) is 0 Å². The number of hydrogen-bond donors (Lipinski definition) is 0. The summed E-state index contributed by atoms with van der Waals surface area (Å²) in [7, 11) is 8.94. The molecule has 0 saturated heterocycles. The van der Waals surface area contributed by atoms with Crippen LogP contribution >= 0.6 is 31.4 Å². The number of rotatable bonds is 14. The van der Waals surface area contributed by atoms with E-state index in [1.807, 2.05) is 31.4 Å². The second-order valence-corrected chi connectivity index (χ2v) is 17.6. The van der Waals surface area contributed by atoms with Crippen LogP contribution in [0.1, 0.15) is 13.8 Å². The Hall–Kier alpha value is 1.32. The molecule has 2 unspecified atom stereocenters. The highest BCUT2D eigenvalue weighted by Gasteiger charge is 2.31. The van der Waals surface area contributed by atoms with Crippen LogP contribution in [-0.2, 0) is 17.7 Å². The summed E-state index contributed by atoms with van der Waals surface area (Å²) in [4.78, 5) is 0. The predicted molar refractivity (Wildman–Crippen MR) is 112 cm³/mol. The van der Waals surface area contributed by atoms with E-state index in [1.165, 1.54) is 0 Å². The van der Waals surface area contributed by atoms with Crippen LogP contribution in [0.2, 0.25) is 25.2 Å². The monoisotopic (exact) mass is 418 g/mol. The molecule has 0 N–H and O–H groups in total. The van der Waals surface area contributed by atoms with Crippen molar-refractivity contribution in [1.29, 1.82) is 0 Å². The molecule has 0 saturated carbocycles. The first-order chi connectivity index (χ1) is 10.7. The van der Waals surface area contributed by atoms with Crippen molar-refractivity contribution in [2.24, 2.45) is 11.8 Å². The maximum absolute atomic E-state index is 5.56. The van der Waals surface area contributed by atoms with Crippen LogP contribution in [0.15, 0.2) is 0 Å². The minimum absolute atomic E-state index is 0.611. The second kappa shape index (κ2) is 12.6. The Balaban J connectivity index is 3.84. The zero-order chi connectivity index (χ0) is 17.9. The third-order valence-corrected chi connectivity index (χ3v) is 15.0. The molecule has 0 aliphatic heterocycles. The lowest BCUT2D eigenvalue weighted by atomic mass is 10.3. The summed E-state index contributed by atoms with van der Waals surface area (Å²) in [5, 5.41) is 0. The molecule has 0 aromatic carbocycles. The molecule has 0 radical (unpaired) electrons. The molecule has 0 spiro atoms. The van der Waals surface area contributed by atoms with E-state index in [1.54, 1.807) is 28.4 Å². The predicted octanol–water partition coefficient (Wildman–Crippen LogP) is 5.02. The van der Waals surface area contributed by atoms with Crippen molar-refractivity contribution in [2.75, 3.05) is 39.9 Å². The summed E-state index contributed by atoms with van der Waals surface area (Å²) >= 11 is 0. The molecule has 23 heavy (non-hydrogen) atoms. The van der Waals surface area contributed by atoms with E-state index in [0.29, 0.717) is 11.8 Å². The highest BCUT2D eigenvalue weighted by atomic mass is 33.5. The van der Waals surface area contributed by atoms with Gasteiger partial charge in [-0.3, -0.25) is 0 Å². The Labute approximate surface area is 156 Å². The summed E-state index contributed by atoms with van der Waals surface area (Å²) < 4.78 is 22.2. The van der Waals surface area contributed by atoms with Crippen LogP contribution in [0.3, 0.4) is 0 Å². The highest BCUT2D eigenvalue weighted by molar-refractivity contribution is 9.09. The average Bonchev–Trinajstić information content (AvgIpc) is 2.54. The van der Waals surface area contributed by atoms with Crippen LogP contribution in [0, 0.1) is 11.8 Å². The molecule has 0 bridgehead atoms. The summed E-state index contributed by atoms with van der Waals surface area (Å²) in [5.41, 5.74) is 0. The first-order valence-electron chi connectivity index (χ1n) is 7.85. The van der Waals surface area contributed by atoms with Crippen molar-refractivity contribution >= 4 is 48.5 Å². The third kappa shape index (κ3) is 10.8. The van der Waals surface area contributed by atoms with Crippen molar-refractivity contribution in [3.05, 3.63) is 0 Å². The van der Waals surface area contributed by atoms with Gasteiger partial charge in [-0.2, -0.15) is 0 Å². The fraction of sp³-hybridized carbons (Fsp3) is 1.00. The van der Waals surface area contributed by atoms with Gasteiger partial charge in [0.05, 0.1) is 0 Å². The standard InChI is InChI=1S/C14H34O4S3Si2/c1-13(11-22(7,15-3)16-4)9-19-21-20-10-14(2)12-23(8,17-5)18-6/h13-14H,9-12H2,1-8H3. The Morgan fingerprint density at radius 2 is 1.00 bits per heavy atom. The van der Waals surface area contributed by atoms with Crippen molar-refractivity contribution in [1.82, 2.24) is 0 Å². The first kappa shape index (κ1) is 24.3. The van der Waals surface area contributed by atoms with Crippen molar-refractivity contribution in [3.63, 3.8) is 0 Å². The van der Waals surface area contributed by atoms with E-state index in [2.05, 4.69) is 26.9 Å². The van der Waals surface area contributed by atoms with E-state index in [9.17, 15) is 0 Å². The van der Waals surface area contributed by atoms with Crippen LogP contribution in [-0.4, -0.2) is 57.1 Å². The maximum atomic E-state index is 5.56. The van der Waals surface area contributed by atoms with E-state index >= 15 is 0 Å². The van der Waals surface area contributed by atoms with Gasteiger partial charge in [0.2, 0.25) is 0 Å². The van der Waals surface area contributed by atoms with Crippen LogP contribution < -0.4 is 0 Å². The van der Waals surface area contributed by atoms with Gasteiger partial charge in [-0.1, -0.05) is 35.4 Å². The van der Waals surface area contributed by atoms with Crippen LogP contribution in [0.25, 0.3) is 0 Å². The van der Waals surface area contributed by atoms with E-state index < -0.39 is 17.1 Å². The molecular weight excluding hydrogens is 385 g/mol. The zero-order valence-electron chi connectivity index (χ0n) is 15.8. The van der Waals surface area contributed by atoms with Gasteiger partial charge in [-0.05, 0) is 46.8 Å². The SMILES string of the molecule is CO[Si](C)(CC(C)CSSSCC(C)C[Si](C)(OC)OC)OC. The van der Waals surface area contributed by atoms with Crippen LogP contribution in [0.5, 0.6) is 0 Å². The fourth-order valence-electron chi connectivity index (χ4n) is 2.21. The molecule has 140 valence electrons. The molecule has 0 heterocycles. The van der Waals surface area contributed by atoms with Gasteiger partial charge in [-0.15, -0.1) is 0 Å². The molecule has 0 aromatic heterocycles. The van der Waals surface area contributed by atoms with Crippen molar-refractivity contribution in [3.8, 4) is 0 Å². The van der Waals surface area contributed by atoms with Gasteiger partial charge >= 0.3 is 17.1 Å². The molecule has 0 aliphatic carbocycles. The molecule has 0 aliphatic rings. The highest BCUT2D eigenvalue weighted by Crippen LogP contribution is 2.38. The lowest BCUT2D eigenvalue weighted by Crippen LogP contribution is -2.38. The normalized spacial score (nSPS) is 15.7. The fourth-order valence-corrected chi connectivity index (χ4v) is 10.9. The molecule has 0 amide bonds. The minimum Gasteiger partial charge on any atom is -0.398 e. The lowest BCUT2D eigenvalue weighted by molar-refractivity contribution is 0.244. The average molecular weight is 419 g/mol. The smallest absolute Gasteiger partial charge is 0.334 e. The van der Waals surface area contributed by atoms with Crippen molar-refractivity contribution in [2.45, 2.75) is 39.0 Å². The Morgan fingerprint density at radius 1 is 0.696 bits per heavy atom. The molecular formula is C14H34O4S3Si2. The Bertz CT molecular complexity index is 278. The summed E-state index contributed by atoms with van der Waals surface area (Å²) in [5.74, 6) is 3.48. The molecule has 0 aromatic rings. The molecule has 0 fully saturated rings. The quantitative estimate of drug-likeness (QED) is 0.223. The van der Waals surface area contributed by atoms with Gasteiger partial charge in [0.25, 0.3) is 0 Å². The van der Waals surface area contributed by atoms with Crippen molar-refractivity contribution < 1.29 is 17.7 Å². The third-order valence-electron chi connectivity index (χ3n) is 3.97. The Kier molecular flexibility index (Phi) is 13.4. The first-order valence-corrected chi connectivity index (χ1v) is 16.7. The van der Waals surface area contributed by atoms with E-state index in [0.717, 1.165) is 23.6 Å². The van der Waals surface area contributed by atoms with Gasteiger partial charge in [0.1, 0.15) is 0 Å². The van der Waals surface area contributed by atoms with Gasteiger partial charge in [0, 0.05) is 39.9 Å².